The van der Waals surface area contributed by atoms with Crippen molar-refractivity contribution >= 4 is 21.9 Å². The number of nitrogens with zero attached hydrogens (tertiary/aromatic N) is 2. The van der Waals surface area contributed by atoms with Gasteiger partial charge in [-0.1, -0.05) is 11.8 Å². The molecule has 15 heavy (non-hydrogen) atoms. The normalized spacial score (nSPS) is 15.0. The van der Waals surface area contributed by atoms with Crippen LogP contribution < -0.4 is 9.74 Å². The lowest BCUT2D eigenvalue weighted by atomic mass is 10.6. The van der Waals surface area contributed by atoms with Crippen LogP contribution in [-0.4, -0.2) is 30.0 Å². The van der Waals surface area contributed by atoms with Crippen molar-refractivity contribution < 1.29 is 12.6 Å². The Kier molecular flexibility index (Phi) is 2.47. The molecule has 0 fully saturated rings. The van der Waals surface area contributed by atoms with Gasteiger partial charge in [0.25, 0.3) is 5.56 Å². The average Bonchev–Trinajstić information content (AvgIpc) is 2.48. The molecule has 6 nitrogen and oxygen atoms in total. The van der Waals surface area contributed by atoms with Gasteiger partial charge >= 0.3 is 10.1 Å². The number of rotatable bonds is 2. The second-order valence-corrected chi connectivity index (χ2v) is 5.64. The fourth-order valence-electron chi connectivity index (χ4n) is 1.21. The lowest BCUT2D eigenvalue weighted by molar-refractivity contribution is 0.472. The van der Waals surface area contributed by atoms with Gasteiger partial charge in [-0.2, -0.15) is 13.4 Å². The molecular weight excluding hydrogens is 240 g/mol. The first-order valence-corrected chi connectivity index (χ1v) is 6.90. The second-order valence-electron chi connectivity index (χ2n) is 3.00. The molecule has 0 saturated heterocycles. The fraction of sp³-hybridized carbons (Fsp3) is 0.429. The molecule has 0 spiro atoms. The van der Waals surface area contributed by atoms with Crippen molar-refractivity contribution in [3.05, 3.63) is 16.4 Å². The molecule has 0 radical (unpaired) electrons. The van der Waals surface area contributed by atoms with Gasteiger partial charge in [0, 0.05) is 12.3 Å². The summed E-state index contributed by atoms with van der Waals surface area (Å²) in [5.74, 6) is 0.605. The quantitative estimate of drug-likeness (QED) is 0.527. The van der Waals surface area contributed by atoms with Gasteiger partial charge in [0.1, 0.15) is 0 Å². The van der Waals surface area contributed by atoms with Crippen molar-refractivity contribution in [2.75, 3.05) is 12.0 Å². The maximum absolute atomic E-state index is 11.5. The Balaban J connectivity index is 2.45. The number of thioether (sulfide) groups is 1. The minimum atomic E-state index is -3.63. The van der Waals surface area contributed by atoms with Crippen molar-refractivity contribution in [3.63, 3.8) is 0 Å². The first-order chi connectivity index (χ1) is 6.96. The Morgan fingerprint density at radius 3 is 3.00 bits per heavy atom. The number of hydrogen-bond donors (Lipinski definition) is 0. The van der Waals surface area contributed by atoms with Gasteiger partial charge in [0.2, 0.25) is 5.88 Å². The van der Waals surface area contributed by atoms with Crippen molar-refractivity contribution in [2.45, 2.75) is 11.7 Å². The lowest BCUT2D eigenvalue weighted by Crippen LogP contribution is -2.20. The molecule has 0 N–H and O–H groups in total. The van der Waals surface area contributed by atoms with Gasteiger partial charge in [-0.25, -0.2) is 0 Å². The predicted molar refractivity (Wildman–Crippen MR) is 54.7 cm³/mol. The Labute approximate surface area is 90.4 Å². The zero-order valence-corrected chi connectivity index (χ0v) is 9.47. The minimum absolute atomic E-state index is 0.164. The van der Waals surface area contributed by atoms with Crippen molar-refractivity contribution in [1.29, 1.82) is 0 Å². The van der Waals surface area contributed by atoms with Gasteiger partial charge in [-0.15, -0.1) is 0 Å². The highest BCUT2D eigenvalue weighted by Crippen LogP contribution is 2.23. The van der Waals surface area contributed by atoms with E-state index in [1.165, 1.54) is 16.3 Å². The minimum Gasteiger partial charge on any atom is -0.362 e. The zero-order chi connectivity index (χ0) is 11.1. The summed E-state index contributed by atoms with van der Waals surface area (Å²) in [6.07, 6.45) is 0.909. The van der Waals surface area contributed by atoms with E-state index in [4.69, 9.17) is 0 Å². The third-order valence-corrected chi connectivity index (χ3v) is 3.16. The molecule has 82 valence electrons. The van der Waals surface area contributed by atoms with Crippen LogP contribution in [0.4, 0.5) is 0 Å². The lowest BCUT2D eigenvalue weighted by Gasteiger charge is -2.04. The largest absolute Gasteiger partial charge is 0.362 e. The smallest absolute Gasteiger partial charge is 0.307 e. The highest BCUT2D eigenvalue weighted by Gasteiger charge is 2.17. The maximum atomic E-state index is 11.5. The summed E-state index contributed by atoms with van der Waals surface area (Å²) >= 11 is 1.40. The maximum Gasteiger partial charge on any atom is 0.307 e. The first-order valence-electron chi connectivity index (χ1n) is 4.10. The van der Waals surface area contributed by atoms with Crippen LogP contribution in [0, 0.1) is 0 Å². The molecule has 0 atom stereocenters. The van der Waals surface area contributed by atoms with E-state index in [9.17, 15) is 13.2 Å². The van der Waals surface area contributed by atoms with Gasteiger partial charge in [0.15, 0.2) is 5.16 Å². The van der Waals surface area contributed by atoms with Crippen molar-refractivity contribution in [3.8, 4) is 5.88 Å². The molecule has 0 unspecified atom stereocenters. The number of aromatic nitrogens is 2. The molecule has 8 heteroatoms. The van der Waals surface area contributed by atoms with Crippen LogP contribution in [0.5, 0.6) is 5.88 Å². The Morgan fingerprint density at radius 2 is 2.33 bits per heavy atom. The first kappa shape index (κ1) is 10.5. The molecule has 2 heterocycles. The summed E-state index contributed by atoms with van der Waals surface area (Å²) in [4.78, 5) is 15.4. The molecule has 0 saturated carbocycles. The summed E-state index contributed by atoms with van der Waals surface area (Å²) in [5, 5.41) is 0.501. The third kappa shape index (κ3) is 2.32. The highest BCUT2D eigenvalue weighted by atomic mass is 32.2. The molecule has 0 bridgehead atoms. The van der Waals surface area contributed by atoms with E-state index in [0.717, 1.165) is 18.1 Å². The van der Waals surface area contributed by atoms with Gasteiger partial charge in [-0.3, -0.25) is 9.36 Å². The van der Waals surface area contributed by atoms with Crippen LogP contribution in [0.15, 0.2) is 16.0 Å². The molecule has 1 aromatic rings. The van der Waals surface area contributed by atoms with Gasteiger partial charge in [-0.05, 0) is 0 Å². The average molecular weight is 248 g/mol. The number of fused-ring (bicyclic) bond motifs is 1. The van der Waals surface area contributed by atoms with Gasteiger partial charge < -0.3 is 4.18 Å². The Bertz CT molecular complexity index is 549. The molecule has 2 rings (SSSR count). The monoisotopic (exact) mass is 248 g/mol. The van der Waals surface area contributed by atoms with E-state index in [2.05, 4.69) is 9.17 Å². The molecule has 1 aliphatic heterocycles. The summed E-state index contributed by atoms with van der Waals surface area (Å²) in [6.45, 7) is 0.602. The molecule has 0 amide bonds. The summed E-state index contributed by atoms with van der Waals surface area (Å²) in [7, 11) is -3.63. The molecule has 0 aliphatic carbocycles. The molecular formula is C7H8N2O4S2. The van der Waals surface area contributed by atoms with Crippen LogP contribution in [0.25, 0.3) is 0 Å². The van der Waals surface area contributed by atoms with Crippen LogP contribution >= 0.6 is 11.8 Å². The summed E-state index contributed by atoms with van der Waals surface area (Å²) in [6, 6.07) is 1.08. The van der Waals surface area contributed by atoms with E-state index in [1.54, 1.807) is 0 Å². The molecule has 1 aromatic heterocycles. The standard InChI is InChI=1S/C7H8N2O4S2/c1-15(11,12)13-5-4-6(10)9-2-3-14-7(9)8-5/h4H,2-3H2,1H3. The van der Waals surface area contributed by atoms with Gasteiger partial charge in [0.05, 0.1) is 12.3 Å². The van der Waals surface area contributed by atoms with Crippen LogP contribution in [0.2, 0.25) is 0 Å². The van der Waals surface area contributed by atoms with E-state index in [1.807, 2.05) is 0 Å². The second kappa shape index (κ2) is 3.53. The molecule has 0 aromatic carbocycles. The van der Waals surface area contributed by atoms with E-state index >= 15 is 0 Å². The predicted octanol–water partition coefficient (Wildman–Crippen LogP) is -0.313. The third-order valence-electron chi connectivity index (χ3n) is 1.73. The highest BCUT2D eigenvalue weighted by molar-refractivity contribution is 7.99. The van der Waals surface area contributed by atoms with E-state index in [-0.39, 0.29) is 11.4 Å². The Hall–Kier alpha value is -1.02. The SMILES string of the molecule is CS(=O)(=O)Oc1cc(=O)n2c(n1)SCC2. The zero-order valence-electron chi connectivity index (χ0n) is 7.84. The van der Waals surface area contributed by atoms with Crippen LogP contribution in [-0.2, 0) is 16.7 Å². The summed E-state index contributed by atoms with van der Waals surface area (Å²) < 4.78 is 27.7. The van der Waals surface area contributed by atoms with E-state index in [0.29, 0.717) is 11.7 Å². The Morgan fingerprint density at radius 1 is 1.60 bits per heavy atom. The molecule has 1 aliphatic rings. The summed E-state index contributed by atoms with van der Waals surface area (Å²) in [5.41, 5.74) is -0.288. The van der Waals surface area contributed by atoms with Crippen molar-refractivity contribution in [2.24, 2.45) is 0 Å². The van der Waals surface area contributed by atoms with Crippen LogP contribution in [0.3, 0.4) is 0 Å². The van der Waals surface area contributed by atoms with Crippen LogP contribution in [0.1, 0.15) is 0 Å². The number of hydrogen-bond acceptors (Lipinski definition) is 6. The fourth-order valence-corrected chi connectivity index (χ4v) is 2.55. The van der Waals surface area contributed by atoms with Crippen molar-refractivity contribution in [1.82, 2.24) is 9.55 Å². The topological polar surface area (TPSA) is 78.3 Å². The van der Waals surface area contributed by atoms with E-state index < -0.39 is 10.1 Å².